The number of nitrogens with one attached hydrogen (secondary N) is 1. The normalized spacial score (nSPS) is 16.0. The maximum atomic E-state index is 12.6. The summed E-state index contributed by atoms with van der Waals surface area (Å²) in [6, 6.07) is 17.8. The van der Waals surface area contributed by atoms with Crippen LogP contribution in [0.4, 0.5) is 5.69 Å². The third-order valence-corrected chi connectivity index (χ3v) is 6.41. The Balaban J connectivity index is 1.42. The van der Waals surface area contributed by atoms with Gasteiger partial charge in [-0.3, -0.25) is 9.59 Å². The molecule has 2 amide bonds. The molecule has 7 heteroatoms. The van der Waals surface area contributed by atoms with Crippen molar-refractivity contribution in [2.75, 3.05) is 32.1 Å². The predicted octanol–water partition coefficient (Wildman–Crippen LogP) is 4.22. The zero-order valence-corrected chi connectivity index (χ0v) is 18.4. The van der Waals surface area contributed by atoms with Gasteiger partial charge in [-0.2, -0.15) is 0 Å². The van der Waals surface area contributed by atoms with Crippen LogP contribution >= 0.6 is 11.3 Å². The molecule has 0 aliphatic carbocycles. The van der Waals surface area contributed by atoms with Gasteiger partial charge in [0.1, 0.15) is 5.01 Å². The first-order valence-corrected chi connectivity index (χ1v) is 11.1. The summed E-state index contributed by atoms with van der Waals surface area (Å²) in [6.45, 7) is 3.50. The summed E-state index contributed by atoms with van der Waals surface area (Å²) in [5.41, 5.74) is 3.79. The highest BCUT2D eigenvalue weighted by Crippen LogP contribution is 2.33. The Morgan fingerprint density at radius 3 is 2.61 bits per heavy atom. The van der Waals surface area contributed by atoms with Crippen molar-refractivity contribution in [1.82, 2.24) is 9.88 Å². The van der Waals surface area contributed by atoms with E-state index in [0.29, 0.717) is 25.4 Å². The van der Waals surface area contributed by atoms with Crippen LogP contribution in [0.25, 0.3) is 21.8 Å². The molecule has 1 aromatic heterocycles. The van der Waals surface area contributed by atoms with Crippen LogP contribution in [0.3, 0.4) is 0 Å². The average Bonchev–Trinajstić information content (AvgIpc) is 3.36. The summed E-state index contributed by atoms with van der Waals surface area (Å²) >= 11 is 1.67. The monoisotopic (exact) mass is 435 g/mol. The van der Waals surface area contributed by atoms with Crippen LogP contribution in [0.2, 0.25) is 0 Å². The van der Waals surface area contributed by atoms with Gasteiger partial charge in [-0.05, 0) is 19.1 Å². The molecular weight excluding hydrogens is 410 g/mol. The van der Waals surface area contributed by atoms with E-state index in [4.69, 9.17) is 9.72 Å². The van der Waals surface area contributed by atoms with Gasteiger partial charge in [-0.15, -0.1) is 11.3 Å². The van der Waals surface area contributed by atoms with E-state index < -0.39 is 0 Å². The second-order valence-electron chi connectivity index (χ2n) is 7.59. The number of methoxy groups -OCH3 is 1. The third kappa shape index (κ3) is 4.84. The first-order valence-electron chi connectivity index (χ1n) is 10.3. The Hall–Kier alpha value is -3.03. The fourth-order valence-corrected chi connectivity index (χ4v) is 4.63. The standard InChI is InChI=1S/C24H25N3O3S/c1-16-22(26-24(31-16)18-6-4-3-5-7-18)17-8-10-20(11-9-17)25-23(29)19-14-21(28)27(15-19)12-13-30-2/h3-11,19H,12-15H2,1-2H3,(H,25,29). The molecule has 1 aliphatic rings. The fourth-order valence-electron chi connectivity index (χ4n) is 3.69. The zero-order chi connectivity index (χ0) is 21.8. The second kappa shape index (κ2) is 9.41. The highest BCUT2D eigenvalue weighted by atomic mass is 32.1. The molecule has 1 saturated heterocycles. The lowest BCUT2D eigenvalue weighted by Crippen LogP contribution is -2.30. The number of anilines is 1. The van der Waals surface area contributed by atoms with E-state index in [0.717, 1.165) is 26.7 Å². The topological polar surface area (TPSA) is 71.5 Å². The molecule has 1 unspecified atom stereocenters. The number of aryl methyl sites for hydroxylation is 1. The Kier molecular flexibility index (Phi) is 6.44. The maximum Gasteiger partial charge on any atom is 0.229 e. The maximum absolute atomic E-state index is 12.6. The van der Waals surface area contributed by atoms with E-state index in [2.05, 4.69) is 24.4 Å². The van der Waals surface area contributed by atoms with Gasteiger partial charge in [0.05, 0.1) is 18.2 Å². The van der Waals surface area contributed by atoms with E-state index in [1.807, 2.05) is 42.5 Å². The van der Waals surface area contributed by atoms with E-state index in [-0.39, 0.29) is 24.2 Å². The molecule has 0 saturated carbocycles. The zero-order valence-electron chi connectivity index (χ0n) is 17.6. The summed E-state index contributed by atoms with van der Waals surface area (Å²) in [4.78, 5) is 32.3. The van der Waals surface area contributed by atoms with Crippen molar-refractivity contribution in [3.63, 3.8) is 0 Å². The Bertz CT molecular complexity index is 1060. The van der Waals surface area contributed by atoms with Crippen molar-refractivity contribution < 1.29 is 14.3 Å². The Morgan fingerprint density at radius 1 is 1.16 bits per heavy atom. The molecule has 3 aromatic rings. The largest absolute Gasteiger partial charge is 0.383 e. The number of ether oxygens (including phenoxy) is 1. The van der Waals surface area contributed by atoms with E-state index >= 15 is 0 Å². The molecule has 1 fully saturated rings. The quantitative estimate of drug-likeness (QED) is 0.603. The molecule has 1 atom stereocenters. The van der Waals surface area contributed by atoms with Crippen LogP contribution < -0.4 is 5.32 Å². The Labute approximate surface area is 185 Å². The van der Waals surface area contributed by atoms with Crippen LogP contribution in [-0.4, -0.2) is 48.5 Å². The highest BCUT2D eigenvalue weighted by molar-refractivity contribution is 7.15. The minimum Gasteiger partial charge on any atom is -0.383 e. The number of thiazole rings is 1. The number of rotatable bonds is 7. The van der Waals surface area contributed by atoms with Gasteiger partial charge in [0.2, 0.25) is 11.8 Å². The van der Waals surface area contributed by atoms with Crippen LogP contribution in [0.15, 0.2) is 54.6 Å². The second-order valence-corrected chi connectivity index (χ2v) is 8.79. The van der Waals surface area contributed by atoms with Gasteiger partial charge >= 0.3 is 0 Å². The fraction of sp³-hybridized carbons (Fsp3) is 0.292. The minimum absolute atomic E-state index is 0.000718. The number of likely N-dealkylation sites (tertiary alicyclic amines) is 1. The van der Waals surface area contributed by atoms with Gasteiger partial charge in [0.15, 0.2) is 0 Å². The first-order chi connectivity index (χ1) is 15.0. The van der Waals surface area contributed by atoms with Crippen LogP contribution in [0.5, 0.6) is 0 Å². The molecule has 2 aromatic carbocycles. The number of hydrogen-bond donors (Lipinski definition) is 1. The number of carbonyl (C=O) groups is 2. The smallest absolute Gasteiger partial charge is 0.229 e. The lowest BCUT2D eigenvalue weighted by atomic mass is 10.1. The number of carbonyl (C=O) groups excluding carboxylic acids is 2. The summed E-state index contributed by atoms with van der Waals surface area (Å²) in [6.07, 6.45) is 0.244. The number of nitrogens with zero attached hydrogens (tertiary/aromatic N) is 2. The highest BCUT2D eigenvalue weighted by Gasteiger charge is 2.34. The van der Waals surface area contributed by atoms with Gasteiger partial charge in [-0.1, -0.05) is 42.5 Å². The van der Waals surface area contributed by atoms with E-state index in [1.165, 1.54) is 0 Å². The van der Waals surface area contributed by atoms with Crippen molar-refractivity contribution in [2.45, 2.75) is 13.3 Å². The van der Waals surface area contributed by atoms with Crippen molar-refractivity contribution in [2.24, 2.45) is 5.92 Å². The van der Waals surface area contributed by atoms with E-state index in [1.54, 1.807) is 23.3 Å². The summed E-state index contributed by atoms with van der Waals surface area (Å²) in [5, 5.41) is 3.93. The van der Waals surface area contributed by atoms with Crippen molar-refractivity contribution in [3.05, 3.63) is 59.5 Å². The molecule has 0 radical (unpaired) electrons. The average molecular weight is 436 g/mol. The molecule has 2 heterocycles. The van der Waals surface area contributed by atoms with Crippen molar-refractivity contribution in [1.29, 1.82) is 0 Å². The number of amides is 2. The molecule has 1 N–H and O–H groups in total. The lowest BCUT2D eigenvalue weighted by Gasteiger charge is -2.15. The molecule has 160 valence electrons. The molecule has 6 nitrogen and oxygen atoms in total. The van der Waals surface area contributed by atoms with E-state index in [9.17, 15) is 9.59 Å². The number of aromatic nitrogens is 1. The lowest BCUT2D eigenvalue weighted by molar-refractivity contribution is -0.128. The van der Waals surface area contributed by atoms with Crippen molar-refractivity contribution in [3.8, 4) is 21.8 Å². The van der Waals surface area contributed by atoms with Gasteiger partial charge in [0.25, 0.3) is 0 Å². The Morgan fingerprint density at radius 2 is 1.90 bits per heavy atom. The molecule has 1 aliphatic heterocycles. The summed E-state index contributed by atoms with van der Waals surface area (Å²) < 4.78 is 5.03. The molecular formula is C24H25N3O3S. The first kappa shape index (κ1) is 21.2. The molecule has 0 spiro atoms. The number of hydrogen-bond acceptors (Lipinski definition) is 5. The number of benzene rings is 2. The SMILES string of the molecule is COCCN1CC(C(=O)Nc2ccc(-c3nc(-c4ccccc4)sc3C)cc2)CC1=O. The summed E-state index contributed by atoms with van der Waals surface area (Å²) in [7, 11) is 1.60. The summed E-state index contributed by atoms with van der Waals surface area (Å²) in [5.74, 6) is -0.462. The van der Waals surface area contributed by atoms with Crippen LogP contribution in [0.1, 0.15) is 11.3 Å². The molecule has 4 rings (SSSR count). The van der Waals surface area contributed by atoms with Crippen LogP contribution in [-0.2, 0) is 14.3 Å². The predicted molar refractivity (Wildman–Crippen MR) is 123 cm³/mol. The van der Waals surface area contributed by atoms with Gasteiger partial charge in [-0.25, -0.2) is 4.98 Å². The van der Waals surface area contributed by atoms with Crippen molar-refractivity contribution >= 4 is 28.8 Å². The van der Waals surface area contributed by atoms with Gasteiger partial charge < -0.3 is 15.0 Å². The minimum atomic E-state index is -0.335. The molecule has 31 heavy (non-hydrogen) atoms. The molecule has 0 bridgehead atoms. The third-order valence-electron chi connectivity index (χ3n) is 5.39. The van der Waals surface area contributed by atoms with Crippen LogP contribution in [0, 0.1) is 12.8 Å². The van der Waals surface area contributed by atoms with Gasteiger partial charge in [0, 0.05) is 48.3 Å².